The second-order valence-electron chi connectivity index (χ2n) is 6.04. The molecule has 3 aromatic rings. The first-order chi connectivity index (χ1) is 12.1. The van der Waals surface area contributed by atoms with E-state index in [-0.39, 0.29) is 12.1 Å². The van der Waals surface area contributed by atoms with Crippen LogP contribution in [-0.2, 0) is 0 Å². The number of hydrogen-bond donors (Lipinski definition) is 2. The van der Waals surface area contributed by atoms with Gasteiger partial charge in [0, 0.05) is 29.7 Å². The standard InChI is InChI=1S/C16H17ClN6OS/c17-11-5-3-10(4-6-11)13-9-23-16(20-13)25-15(21-23)19-12-2-1-7-22(8-12)14(18)24/h3-6,9,12H,1-2,7-8H2,(H2,18,24)(H,19,21). The van der Waals surface area contributed by atoms with Crippen LogP contribution >= 0.6 is 22.9 Å². The molecular weight excluding hydrogens is 360 g/mol. The minimum atomic E-state index is -0.368. The lowest BCUT2D eigenvalue weighted by Crippen LogP contribution is -2.47. The van der Waals surface area contributed by atoms with Crippen molar-refractivity contribution in [3.63, 3.8) is 0 Å². The number of aromatic nitrogens is 3. The number of halogens is 1. The van der Waals surface area contributed by atoms with Gasteiger partial charge in [0.1, 0.15) is 0 Å². The Morgan fingerprint density at radius 2 is 2.16 bits per heavy atom. The summed E-state index contributed by atoms with van der Waals surface area (Å²) in [5, 5.41) is 9.42. The molecule has 1 saturated heterocycles. The molecule has 9 heteroatoms. The van der Waals surface area contributed by atoms with Gasteiger partial charge >= 0.3 is 6.03 Å². The fourth-order valence-electron chi connectivity index (χ4n) is 2.99. The number of carbonyl (C=O) groups is 1. The van der Waals surface area contributed by atoms with E-state index in [2.05, 4.69) is 15.4 Å². The number of primary amides is 1. The van der Waals surface area contributed by atoms with Crippen LogP contribution in [0.25, 0.3) is 16.2 Å². The highest BCUT2D eigenvalue weighted by atomic mass is 35.5. The molecule has 1 fully saturated rings. The van der Waals surface area contributed by atoms with Crippen LogP contribution in [0.2, 0.25) is 5.02 Å². The van der Waals surface area contributed by atoms with E-state index in [0.29, 0.717) is 11.6 Å². The average molecular weight is 377 g/mol. The maximum atomic E-state index is 11.3. The van der Waals surface area contributed by atoms with Gasteiger partial charge in [0.25, 0.3) is 0 Å². The third-order valence-electron chi connectivity index (χ3n) is 4.24. The van der Waals surface area contributed by atoms with E-state index < -0.39 is 0 Å². The van der Waals surface area contributed by atoms with Crippen molar-refractivity contribution in [3.8, 4) is 11.3 Å². The van der Waals surface area contributed by atoms with Crippen LogP contribution < -0.4 is 11.1 Å². The number of anilines is 1. The molecule has 2 amide bonds. The number of nitrogens with two attached hydrogens (primary N) is 1. The predicted octanol–water partition coefficient (Wildman–Crippen LogP) is 3.07. The molecule has 1 aliphatic rings. The van der Waals surface area contributed by atoms with Crippen molar-refractivity contribution in [3.05, 3.63) is 35.5 Å². The molecule has 1 aliphatic heterocycles. The second-order valence-corrected chi connectivity index (χ2v) is 7.43. The highest BCUT2D eigenvalue weighted by molar-refractivity contribution is 7.20. The van der Waals surface area contributed by atoms with Gasteiger partial charge in [0.15, 0.2) is 0 Å². The first kappa shape index (κ1) is 16.2. The Labute approximate surface area is 153 Å². The molecule has 7 nitrogen and oxygen atoms in total. The number of likely N-dealkylation sites (tertiary alicyclic amines) is 1. The summed E-state index contributed by atoms with van der Waals surface area (Å²) in [6.45, 7) is 1.33. The van der Waals surface area contributed by atoms with Gasteiger partial charge < -0.3 is 16.0 Å². The van der Waals surface area contributed by atoms with Gasteiger partial charge in [0.05, 0.1) is 11.9 Å². The molecule has 0 aliphatic carbocycles. The molecule has 1 aromatic carbocycles. The van der Waals surface area contributed by atoms with Crippen molar-refractivity contribution in [2.24, 2.45) is 5.73 Å². The van der Waals surface area contributed by atoms with E-state index in [9.17, 15) is 4.79 Å². The van der Waals surface area contributed by atoms with E-state index in [0.717, 1.165) is 40.7 Å². The van der Waals surface area contributed by atoms with Crippen LogP contribution in [0.4, 0.5) is 9.93 Å². The summed E-state index contributed by atoms with van der Waals surface area (Å²) in [4.78, 5) is 18.4. The SMILES string of the molecule is NC(=O)N1CCCC(Nc2nn3cc(-c4ccc(Cl)cc4)nc3s2)C1. The van der Waals surface area contributed by atoms with Gasteiger partial charge in [-0.15, -0.1) is 5.10 Å². The Kier molecular flexibility index (Phi) is 4.22. The van der Waals surface area contributed by atoms with Crippen molar-refractivity contribution in [2.75, 3.05) is 18.4 Å². The summed E-state index contributed by atoms with van der Waals surface area (Å²) in [6, 6.07) is 7.36. The van der Waals surface area contributed by atoms with E-state index in [4.69, 9.17) is 17.3 Å². The van der Waals surface area contributed by atoms with Crippen LogP contribution in [-0.4, -0.2) is 44.7 Å². The van der Waals surface area contributed by atoms with Crippen LogP contribution in [0.3, 0.4) is 0 Å². The minimum Gasteiger partial charge on any atom is -0.356 e. The lowest BCUT2D eigenvalue weighted by Gasteiger charge is -2.31. The van der Waals surface area contributed by atoms with Crippen LogP contribution in [0.5, 0.6) is 0 Å². The number of urea groups is 1. The van der Waals surface area contributed by atoms with Gasteiger partial charge in [-0.1, -0.05) is 35.1 Å². The summed E-state index contributed by atoms with van der Waals surface area (Å²) in [7, 11) is 0. The highest BCUT2D eigenvalue weighted by Gasteiger charge is 2.23. The quantitative estimate of drug-likeness (QED) is 0.735. The third-order valence-corrected chi connectivity index (χ3v) is 5.35. The van der Waals surface area contributed by atoms with Crippen molar-refractivity contribution >= 4 is 39.1 Å². The summed E-state index contributed by atoms with van der Waals surface area (Å²) < 4.78 is 1.77. The van der Waals surface area contributed by atoms with Crippen molar-refractivity contribution in [1.82, 2.24) is 19.5 Å². The maximum Gasteiger partial charge on any atom is 0.314 e. The number of amides is 2. The van der Waals surface area contributed by atoms with Crippen LogP contribution in [0, 0.1) is 0 Å². The minimum absolute atomic E-state index is 0.160. The van der Waals surface area contributed by atoms with E-state index in [1.807, 2.05) is 30.5 Å². The zero-order valence-corrected chi connectivity index (χ0v) is 14.9. The molecule has 3 N–H and O–H groups in total. The highest BCUT2D eigenvalue weighted by Crippen LogP contribution is 2.26. The Bertz CT molecular complexity index is 874. The predicted molar refractivity (Wildman–Crippen MR) is 99.1 cm³/mol. The van der Waals surface area contributed by atoms with Crippen molar-refractivity contribution < 1.29 is 4.79 Å². The fraction of sp³-hybridized carbons (Fsp3) is 0.312. The average Bonchev–Trinajstić information content (AvgIpc) is 3.14. The number of benzene rings is 1. The van der Waals surface area contributed by atoms with Gasteiger partial charge in [0.2, 0.25) is 10.1 Å². The molecule has 2 aromatic heterocycles. The molecule has 0 radical (unpaired) electrons. The number of piperidine rings is 1. The smallest absolute Gasteiger partial charge is 0.314 e. The van der Waals surface area contributed by atoms with Crippen LogP contribution in [0.1, 0.15) is 12.8 Å². The van der Waals surface area contributed by atoms with Crippen LogP contribution in [0.15, 0.2) is 30.5 Å². The summed E-state index contributed by atoms with van der Waals surface area (Å²) in [5.41, 5.74) is 7.23. The molecule has 4 rings (SSSR count). The van der Waals surface area contributed by atoms with E-state index >= 15 is 0 Å². The first-order valence-electron chi connectivity index (χ1n) is 8.01. The topological polar surface area (TPSA) is 88.5 Å². The lowest BCUT2D eigenvalue weighted by molar-refractivity contribution is 0.192. The monoisotopic (exact) mass is 376 g/mol. The van der Waals surface area contributed by atoms with E-state index in [1.54, 1.807) is 9.42 Å². The molecule has 0 saturated carbocycles. The number of imidazole rings is 1. The van der Waals surface area contributed by atoms with Gasteiger partial charge in [-0.2, -0.15) is 0 Å². The number of nitrogens with one attached hydrogen (secondary N) is 1. The molecular formula is C16H17ClN6OS. The number of carbonyl (C=O) groups excluding carboxylic acids is 1. The Morgan fingerprint density at radius 3 is 2.88 bits per heavy atom. The molecule has 0 spiro atoms. The number of nitrogens with zero attached hydrogens (tertiary/aromatic N) is 4. The normalized spacial score (nSPS) is 17.8. The van der Waals surface area contributed by atoms with Gasteiger partial charge in [-0.25, -0.2) is 14.3 Å². The largest absolute Gasteiger partial charge is 0.356 e. The van der Waals surface area contributed by atoms with Crippen molar-refractivity contribution in [1.29, 1.82) is 0 Å². The number of fused-ring (bicyclic) bond motifs is 1. The molecule has 1 unspecified atom stereocenters. The molecule has 25 heavy (non-hydrogen) atoms. The molecule has 130 valence electrons. The summed E-state index contributed by atoms with van der Waals surface area (Å²) in [6.07, 6.45) is 3.82. The Balaban J connectivity index is 1.49. The Morgan fingerprint density at radius 1 is 1.36 bits per heavy atom. The van der Waals surface area contributed by atoms with Crippen molar-refractivity contribution in [2.45, 2.75) is 18.9 Å². The summed E-state index contributed by atoms with van der Waals surface area (Å²) in [5.74, 6) is 0. The molecule has 1 atom stereocenters. The maximum absolute atomic E-state index is 11.3. The molecule has 0 bridgehead atoms. The van der Waals surface area contributed by atoms with Gasteiger partial charge in [-0.05, 0) is 25.0 Å². The third kappa shape index (κ3) is 3.40. The van der Waals surface area contributed by atoms with Gasteiger partial charge in [-0.3, -0.25) is 0 Å². The fourth-order valence-corrected chi connectivity index (χ4v) is 3.97. The zero-order valence-electron chi connectivity index (χ0n) is 13.4. The first-order valence-corrected chi connectivity index (χ1v) is 9.21. The number of hydrogen-bond acceptors (Lipinski definition) is 5. The lowest BCUT2D eigenvalue weighted by atomic mass is 10.1. The number of rotatable bonds is 3. The zero-order chi connectivity index (χ0) is 17.4. The Hall–Kier alpha value is -2.32. The second kappa shape index (κ2) is 6.53. The summed E-state index contributed by atoms with van der Waals surface area (Å²) >= 11 is 7.41. The van der Waals surface area contributed by atoms with E-state index in [1.165, 1.54) is 11.3 Å². The molecule has 3 heterocycles.